The number of carbonyl (C=O) groups is 1. The van der Waals surface area contributed by atoms with E-state index < -0.39 is 23.2 Å². The maximum atomic E-state index is 13.9. The molecule has 0 unspecified atom stereocenters. The lowest BCUT2D eigenvalue weighted by Gasteiger charge is -2.22. The number of amides is 1. The van der Waals surface area contributed by atoms with Crippen LogP contribution in [0.15, 0.2) is 51.7 Å². The van der Waals surface area contributed by atoms with E-state index >= 15 is 0 Å². The third-order valence-electron chi connectivity index (χ3n) is 5.47. The number of anilines is 1. The molecule has 0 fully saturated rings. The minimum absolute atomic E-state index is 0.0533. The van der Waals surface area contributed by atoms with Crippen molar-refractivity contribution in [2.24, 2.45) is 0 Å². The van der Waals surface area contributed by atoms with Crippen molar-refractivity contribution < 1.29 is 18.3 Å². The lowest BCUT2D eigenvalue weighted by atomic mass is 9.98. The Hall–Kier alpha value is -3.52. The molecule has 3 heterocycles. The van der Waals surface area contributed by atoms with E-state index in [4.69, 9.17) is 9.15 Å². The highest BCUT2D eigenvalue weighted by Gasteiger charge is 2.45. The van der Waals surface area contributed by atoms with Gasteiger partial charge in [-0.25, -0.2) is 9.37 Å². The van der Waals surface area contributed by atoms with Crippen molar-refractivity contribution in [1.82, 2.24) is 4.98 Å². The SMILES string of the molecule is COc1cccc([C@@H]2c3c(oc4ccc(F)cc4c3=O)C(=O)N2c2nc(C)c(C)s2)c1. The summed E-state index contributed by atoms with van der Waals surface area (Å²) in [6.45, 7) is 3.79. The van der Waals surface area contributed by atoms with E-state index in [0.29, 0.717) is 16.4 Å². The van der Waals surface area contributed by atoms with Crippen molar-refractivity contribution in [2.45, 2.75) is 19.9 Å². The van der Waals surface area contributed by atoms with Gasteiger partial charge in [0, 0.05) is 4.88 Å². The van der Waals surface area contributed by atoms with Gasteiger partial charge in [0.15, 0.2) is 10.6 Å². The molecule has 0 saturated heterocycles. The van der Waals surface area contributed by atoms with Crippen molar-refractivity contribution in [3.63, 3.8) is 0 Å². The molecule has 5 rings (SSSR count). The molecule has 8 heteroatoms. The standard InChI is InChI=1S/C23H17FN2O4S/c1-11-12(2)31-23(25-11)26-19(13-5-4-6-15(9-13)29-3)18-20(27)16-10-14(24)7-8-17(16)30-21(18)22(26)28/h4-10,19H,1-3H3/t19-/m1/s1. The fraction of sp³-hybridized carbons (Fsp3) is 0.174. The van der Waals surface area contributed by atoms with Gasteiger partial charge in [-0.3, -0.25) is 14.5 Å². The number of nitrogens with zero attached hydrogens (tertiary/aromatic N) is 2. The van der Waals surface area contributed by atoms with Gasteiger partial charge in [-0.05, 0) is 49.7 Å². The molecular formula is C23H17FN2O4S. The fourth-order valence-corrected chi connectivity index (χ4v) is 4.76. The molecule has 0 bridgehead atoms. The zero-order valence-corrected chi connectivity index (χ0v) is 17.7. The minimum Gasteiger partial charge on any atom is -0.497 e. The molecule has 0 N–H and O–H groups in total. The number of rotatable bonds is 3. The molecular weight excluding hydrogens is 419 g/mol. The van der Waals surface area contributed by atoms with Gasteiger partial charge in [0.1, 0.15) is 17.1 Å². The van der Waals surface area contributed by atoms with Crippen LogP contribution >= 0.6 is 11.3 Å². The molecule has 6 nitrogen and oxygen atoms in total. The second kappa shape index (κ2) is 7.02. The Balaban J connectivity index is 1.83. The topological polar surface area (TPSA) is 72.6 Å². The summed E-state index contributed by atoms with van der Waals surface area (Å²) in [5, 5.41) is 0.557. The molecule has 4 aromatic rings. The molecule has 2 aromatic heterocycles. The Morgan fingerprint density at radius 1 is 1.16 bits per heavy atom. The molecule has 0 radical (unpaired) electrons. The molecule has 1 amide bonds. The summed E-state index contributed by atoms with van der Waals surface area (Å²) in [6, 6.07) is 10.1. The summed E-state index contributed by atoms with van der Waals surface area (Å²) < 4.78 is 25.0. The summed E-state index contributed by atoms with van der Waals surface area (Å²) in [6.07, 6.45) is 0. The fourth-order valence-electron chi connectivity index (χ4n) is 3.83. The van der Waals surface area contributed by atoms with E-state index in [0.717, 1.165) is 16.6 Å². The van der Waals surface area contributed by atoms with Crippen LogP contribution in [0.25, 0.3) is 11.0 Å². The first kappa shape index (κ1) is 19.4. The second-order valence-corrected chi connectivity index (χ2v) is 8.49. The van der Waals surface area contributed by atoms with Crippen molar-refractivity contribution >= 4 is 33.3 Å². The van der Waals surface area contributed by atoms with Crippen LogP contribution < -0.4 is 15.1 Å². The number of fused-ring (bicyclic) bond motifs is 2. The van der Waals surface area contributed by atoms with E-state index in [1.165, 1.54) is 28.4 Å². The number of hydrogen-bond donors (Lipinski definition) is 0. The van der Waals surface area contributed by atoms with E-state index in [9.17, 15) is 14.0 Å². The number of aryl methyl sites for hydroxylation is 2. The molecule has 1 aliphatic rings. The number of halogens is 1. The van der Waals surface area contributed by atoms with Crippen LogP contribution in [0.5, 0.6) is 5.75 Å². The molecule has 0 saturated carbocycles. The van der Waals surface area contributed by atoms with Crippen LogP contribution in [0, 0.1) is 19.7 Å². The van der Waals surface area contributed by atoms with Gasteiger partial charge in [-0.2, -0.15) is 0 Å². The van der Waals surface area contributed by atoms with Gasteiger partial charge >= 0.3 is 0 Å². The van der Waals surface area contributed by atoms with Crippen LogP contribution in [0.2, 0.25) is 0 Å². The predicted molar refractivity (Wildman–Crippen MR) is 116 cm³/mol. The van der Waals surface area contributed by atoms with E-state index in [-0.39, 0.29) is 22.3 Å². The highest BCUT2D eigenvalue weighted by molar-refractivity contribution is 7.15. The monoisotopic (exact) mass is 436 g/mol. The summed E-state index contributed by atoms with van der Waals surface area (Å²) in [4.78, 5) is 33.9. The number of methoxy groups -OCH3 is 1. The first-order valence-electron chi connectivity index (χ1n) is 9.57. The molecule has 1 aliphatic heterocycles. The third kappa shape index (κ3) is 2.94. The van der Waals surface area contributed by atoms with E-state index in [1.807, 2.05) is 19.9 Å². The Kier molecular flexibility index (Phi) is 4.40. The van der Waals surface area contributed by atoms with Gasteiger partial charge in [-0.15, -0.1) is 11.3 Å². The van der Waals surface area contributed by atoms with Crippen LogP contribution in [0.3, 0.4) is 0 Å². The average Bonchev–Trinajstić information content (AvgIpc) is 3.25. The zero-order chi connectivity index (χ0) is 21.9. The number of thiazole rings is 1. The van der Waals surface area contributed by atoms with Crippen molar-refractivity contribution in [1.29, 1.82) is 0 Å². The van der Waals surface area contributed by atoms with Crippen LogP contribution in [-0.4, -0.2) is 18.0 Å². The molecule has 156 valence electrons. The highest BCUT2D eigenvalue weighted by Crippen LogP contribution is 2.43. The van der Waals surface area contributed by atoms with Gasteiger partial charge < -0.3 is 9.15 Å². The maximum Gasteiger partial charge on any atom is 0.297 e. The molecule has 31 heavy (non-hydrogen) atoms. The smallest absolute Gasteiger partial charge is 0.297 e. The van der Waals surface area contributed by atoms with E-state index in [2.05, 4.69) is 4.98 Å². The lowest BCUT2D eigenvalue weighted by molar-refractivity contribution is 0.0971. The van der Waals surface area contributed by atoms with Crippen molar-refractivity contribution in [3.8, 4) is 5.75 Å². The minimum atomic E-state index is -0.772. The van der Waals surface area contributed by atoms with Gasteiger partial charge in [0.05, 0.1) is 29.8 Å². The lowest BCUT2D eigenvalue weighted by Crippen LogP contribution is -2.29. The Morgan fingerprint density at radius 2 is 1.97 bits per heavy atom. The molecule has 0 aliphatic carbocycles. The zero-order valence-electron chi connectivity index (χ0n) is 16.9. The number of ether oxygens (including phenoxy) is 1. The van der Waals surface area contributed by atoms with Crippen molar-refractivity contribution in [2.75, 3.05) is 12.0 Å². The quantitative estimate of drug-likeness (QED) is 0.463. The summed E-state index contributed by atoms with van der Waals surface area (Å²) in [5.41, 5.74) is 1.36. The van der Waals surface area contributed by atoms with E-state index in [1.54, 1.807) is 25.3 Å². The molecule has 2 aromatic carbocycles. The maximum absolute atomic E-state index is 13.9. The third-order valence-corrected chi connectivity index (χ3v) is 6.54. The number of hydrogen-bond acceptors (Lipinski definition) is 6. The Morgan fingerprint density at radius 3 is 2.68 bits per heavy atom. The first-order chi connectivity index (χ1) is 14.9. The van der Waals surface area contributed by atoms with Gasteiger partial charge in [0.25, 0.3) is 5.91 Å². The van der Waals surface area contributed by atoms with Crippen LogP contribution in [0.4, 0.5) is 9.52 Å². The van der Waals surface area contributed by atoms with Crippen molar-refractivity contribution in [3.05, 3.63) is 86.0 Å². The highest BCUT2D eigenvalue weighted by atomic mass is 32.1. The summed E-state index contributed by atoms with van der Waals surface area (Å²) in [5.74, 6) is -0.478. The summed E-state index contributed by atoms with van der Waals surface area (Å²) in [7, 11) is 1.54. The first-order valence-corrected chi connectivity index (χ1v) is 10.4. The Labute approximate surface area is 180 Å². The average molecular weight is 436 g/mol. The molecule has 1 atom stereocenters. The normalized spacial score (nSPS) is 15.5. The second-order valence-electron chi connectivity index (χ2n) is 7.31. The van der Waals surface area contributed by atoms with Gasteiger partial charge in [0.2, 0.25) is 5.76 Å². The number of benzene rings is 2. The summed E-state index contributed by atoms with van der Waals surface area (Å²) >= 11 is 1.37. The largest absolute Gasteiger partial charge is 0.497 e. The predicted octanol–water partition coefficient (Wildman–Crippen LogP) is 4.76. The molecule has 0 spiro atoms. The Bertz CT molecular complexity index is 1410. The van der Waals surface area contributed by atoms with Gasteiger partial charge in [-0.1, -0.05) is 12.1 Å². The number of aromatic nitrogens is 1. The van der Waals surface area contributed by atoms with Crippen LogP contribution in [-0.2, 0) is 0 Å². The van der Waals surface area contributed by atoms with Crippen LogP contribution in [0.1, 0.15) is 38.3 Å². The number of carbonyl (C=O) groups excluding carboxylic acids is 1.